The largest absolute Gasteiger partial charge is 0.497 e. The van der Waals surface area contributed by atoms with E-state index >= 15 is 0 Å². The molecule has 146 valence electrons. The Kier molecular flexibility index (Phi) is 5.42. The first kappa shape index (κ1) is 20.0. The quantitative estimate of drug-likeness (QED) is 0.708. The summed E-state index contributed by atoms with van der Waals surface area (Å²) in [6.45, 7) is 0.152. The fourth-order valence-corrected chi connectivity index (χ4v) is 5.31. The van der Waals surface area contributed by atoms with Crippen LogP contribution in [0, 0.1) is 0 Å². The summed E-state index contributed by atoms with van der Waals surface area (Å²) < 4.78 is 72.6. The molecule has 1 atom stereocenters. The van der Waals surface area contributed by atoms with E-state index < -0.39 is 32.7 Å². The molecule has 0 unspecified atom stereocenters. The maximum Gasteiger partial charge on any atom is 0.417 e. The minimum atomic E-state index is -4.83. The minimum Gasteiger partial charge on any atom is -0.497 e. The third-order valence-corrected chi connectivity index (χ3v) is 6.74. The van der Waals surface area contributed by atoms with Gasteiger partial charge in [0.15, 0.2) is 0 Å². The highest BCUT2D eigenvalue weighted by molar-refractivity contribution is 7.89. The number of benzene rings is 2. The molecule has 9 heteroatoms. The maximum atomic E-state index is 13.4. The van der Waals surface area contributed by atoms with Crippen LogP contribution in [0.25, 0.3) is 0 Å². The molecule has 1 saturated heterocycles. The lowest BCUT2D eigenvalue weighted by atomic mass is 10.1. The summed E-state index contributed by atoms with van der Waals surface area (Å²) in [5, 5.41) is -0.172. The molecule has 4 nitrogen and oxygen atoms in total. The Morgan fingerprint density at radius 3 is 2.41 bits per heavy atom. The van der Waals surface area contributed by atoms with Gasteiger partial charge in [0, 0.05) is 11.6 Å². The zero-order valence-corrected chi connectivity index (χ0v) is 15.9. The van der Waals surface area contributed by atoms with E-state index in [4.69, 9.17) is 16.3 Å². The minimum absolute atomic E-state index is 0.152. The van der Waals surface area contributed by atoms with Crippen molar-refractivity contribution in [3.8, 4) is 5.75 Å². The Morgan fingerprint density at radius 2 is 1.81 bits per heavy atom. The van der Waals surface area contributed by atoms with Crippen LogP contribution in [0.5, 0.6) is 5.75 Å². The maximum absolute atomic E-state index is 13.4. The van der Waals surface area contributed by atoms with Crippen molar-refractivity contribution in [2.75, 3.05) is 13.7 Å². The summed E-state index contributed by atoms with van der Waals surface area (Å²) in [6.07, 6.45) is -3.74. The molecule has 0 aliphatic carbocycles. The highest BCUT2D eigenvalue weighted by Crippen LogP contribution is 2.41. The molecule has 1 aliphatic rings. The van der Waals surface area contributed by atoms with Gasteiger partial charge in [0.25, 0.3) is 0 Å². The first-order valence-corrected chi connectivity index (χ1v) is 9.99. The van der Waals surface area contributed by atoms with Crippen molar-refractivity contribution in [1.82, 2.24) is 4.31 Å². The van der Waals surface area contributed by atoms with Gasteiger partial charge < -0.3 is 4.74 Å². The number of ether oxygens (including phenoxy) is 1. The van der Waals surface area contributed by atoms with E-state index in [1.165, 1.54) is 7.11 Å². The zero-order chi connectivity index (χ0) is 19.8. The number of sulfonamides is 1. The molecule has 3 rings (SSSR count). The van der Waals surface area contributed by atoms with E-state index in [-0.39, 0.29) is 11.6 Å². The topological polar surface area (TPSA) is 46.6 Å². The van der Waals surface area contributed by atoms with Crippen molar-refractivity contribution in [1.29, 1.82) is 0 Å². The molecule has 0 saturated carbocycles. The van der Waals surface area contributed by atoms with E-state index in [1.807, 2.05) is 0 Å². The van der Waals surface area contributed by atoms with E-state index in [0.29, 0.717) is 30.2 Å². The van der Waals surface area contributed by atoms with Crippen LogP contribution in [0.4, 0.5) is 13.2 Å². The van der Waals surface area contributed by atoms with Crippen LogP contribution in [-0.2, 0) is 16.2 Å². The number of alkyl halides is 3. The van der Waals surface area contributed by atoms with Crippen LogP contribution < -0.4 is 4.74 Å². The average molecular weight is 420 g/mol. The van der Waals surface area contributed by atoms with Gasteiger partial charge in [-0.25, -0.2) is 8.42 Å². The lowest BCUT2D eigenvalue weighted by Gasteiger charge is -2.26. The fourth-order valence-electron chi connectivity index (χ4n) is 3.26. The van der Waals surface area contributed by atoms with Crippen LogP contribution in [0.1, 0.15) is 30.0 Å². The molecule has 0 bridgehead atoms. The fraction of sp³-hybridized carbons (Fsp3) is 0.333. The summed E-state index contributed by atoms with van der Waals surface area (Å²) in [7, 11) is -2.84. The predicted octanol–water partition coefficient (Wildman–Crippen LogP) is 4.89. The van der Waals surface area contributed by atoms with Gasteiger partial charge in [0.1, 0.15) is 5.75 Å². The number of methoxy groups -OCH3 is 1. The molecule has 2 aromatic carbocycles. The average Bonchev–Trinajstić information content (AvgIpc) is 3.11. The number of rotatable bonds is 4. The van der Waals surface area contributed by atoms with Crippen LogP contribution in [0.15, 0.2) is 47.4 Å². The monoisotopic (exact) mass is 419 g/mol. The van der Waals surface area contributed by atoms with Crippen molar-refractivity contribution in [2.45, 2.75) is 30.0 Å². The van der Waals surface area contributed by atoms with E-state index in [0.717, 1.165) is 16.4 Å². The Labute approximate surface area is 160 Å². The van der Waals surface area contributed by atoms with Gasteiger partial charge in [-0.3, -0.25) is 0 Å². The molecular weight excluding hydrogens is 403 g/mol. The number of halogens is 4. The van der Waals surface area contributed by atoms with E-state index in [9.17, 15) is 21.6 Å². The van der Waals surface area contributed by atoms with Gasteiger partial charge in [0.2, 0.25) is 10.0 Å². The molecule has 27 heavy (non-hydrogen) atoms. The summed E-state index contributed by atoms with van der Waals surface area (Å²) in [6, 6.07) is 9.04. The number of nitrogens with zero attached hydrogens (tertiary/aromatic N) is 1. The normalized spacial score (nSPS) is 18.6. The second kappa shape index (κ2) is 7.33. The predicted molar refractivity (Wildman–Crippen MR) is 95.3 cm³/mol. The Hall–Kier alpha value is -1.77. The Balaban J connectivity index is 2.04. The first-order valence-electron chi connectivity index (χ1n) is 8.17. The first-order chi connectivity index (χ1) is 12.6. The van der Waals surface area contributed by atoms with Crippen molar-refractivity contribution in [2.24, 2.45) is 0 Å². The number of hydrogen-bond donors (Lipinski definition) is 0. The molecule has 0 spiro atoms. The van der Waals surface area contributed by atoms with Crippen molar-refractivity contribution in [3.63, 3.8) is 0 Å². The standard InChI is InChI=1S/C18H17ClF3NO3S/c1-26-14-7-4-12(5-8-14)16-3-2-10-23(16)27(24,25)17-9-6-13(19)11-15(17)18(20,21)22/h4-9,11,16H,2-3,10H2,1H3/t16-/m1/s1. The zero-order valence-electron chi connectivity index (χ0n) is 14.3. The van der Waals surface area contributed by atoms with Gasteiger partial charge in [-0.1, -0.05) is 23.7 Å². The lowest BCUT2D eigenvalue weighted by molar-refractivity contribution is -0.139. The van der Waals surface area contributed by atoms with Gasteiger partial charge >= 0.3 is 6.18 Å². The van der Waals surface area contributed by atoms with Crippen molar-refractivity contribution in [3.05, 3.63) is 58.6 Å². The van der Waals surface area contributed by atoms with Crippen molar-refractivity contribution >= 4 is 21.6 Å². The smallest absolute Gasteiger partial charge is 0.417 e. The van der Waals surface area contributed by atoms with Gasteiger partial charge in [-0.2, -0.15) is 17.5 Å². The summed E-state index contributed by atoms with van der Waals surface area (Å²) in [5.74, 6) is 0.614. The molecule has 1 fully saturated rings. The Morgan fingerprint density at radius 1 is 1.15 bits per heavy atom. The highest BCUT2D eigenvalue weighted by atomic mass is 35.5. The van der Waals surface area contributed by atoms with E-state index in [2.05, 4.69) is 0 Å². The SMILES string of the molecule is COc1ccc([C@H]2CCCN2S(=O)(=O)c2ccc(Cl)cc2C(F)(F)F)cc1. The van der Waals surface area contributed by atoms with Crippen LogP contribution in [0.3, 0.4) is 0 Å². The Bertz CT molecular complexity index is 930. The summed E-state index contributed by atoms with van der Waals surface area (Å²) in [5.41, 5.74) is -0.547. The highest BCUT2D eigenvalue weighted by Gasteiger charge is 2.42. The van der Waals surface area contributed by atoms with Gasteiger partial charge in [0.05, 0.1) is 23.6 Å². The van der Waals surface area contributed by atoms with Gasteiger partial charge in [-0.05, 0) is 48.7 Å². The third kappa shape index (κ3) is 3.93. The van der Waals surface area contributed by atoms with Gasteiger partial charge in [-0.15, -0.1) is 0 Å². The van der Waals surface area contributed by atoms with Crippen LogP contribution in [0.2, 0.25) is 5.02 Å². The third-order valence-electron chi connectivity index (χ3n) is 4.54. The second-order valence-corrected chi connectivity index (χ2v) is 8.48. The molecule has 0 amide bonds. The second-order valence-electron chi connectivity index (χ2n) is 6.19. The summed E-state index contributed by atoms with van der Waals surface area (Å²) >= 11 is 5.67. The van der Waals surface area contributed by atoms with Crippen LogP contribution in [-0.4, -0.2) is 26.4 Å². The molecule has 0 N–H and O–H groups in total. The lowest BCUT2D eigenvalue weighted by Crippen LogP contribution is -2.32. The van der Waals surface area contributed by atoms with Crippen LogP contribution >= 0.6 is 11.6 Å². The molecule has 0 aromatic heterocycles. The molecule has 0 radical (unpaired) electrons. The molecule has 2 aromatic rings. The van der Waals surface area contributed by atoms with E-state index in [1.54, 1.807) is 24.3 Å². The van der Waals surface area contributed by atoms with Crippen molar-refractivity contribution < 1.29 is 26.3 Å². The molecule has 1 heterocycles. The summed E-state index contributed by atoms with van der Waals surface area (Å²) in [4.78, 5) is -0.778. The molecular formula is C18H17ClF3NO3S. The molecule has 1 aliphatic heterocycles. The number of hydrogen-bond acceptors (Lipinski definition) is 3.